The summed E-state index contributed by atoms with van der Waals surface area (Å²) >= 11 is 0. The average Bonchev–Trinajstić information content (AvgIpc) is 3.17. The van der Waals surface area contributed by atoms with E-state index in [0.717, 1.165) is 28.8 Å². The van der Waals surface area contributed by atoms with E-state index in [0.29, 0.717) is 17.1 Å². The molecular formula is C17H22N6O2. The predicted molar refractivity (Wildman–Crippen MR) is 96.3 cm³/mol. The lowest BCUT2D eigenvalue weighted by Gasteiger charge is -2.06. The first-order chi connectivity index (χ1) is 11.9. The summed E-state index contributed by atoms with van der Waals surface area (Å²) in [7, 11) is 3.38. The van der Waals surface area contributed by atoms with Crippen LogP contribution in [-0.4, -0.2) is 28.5 Å². The van der Waals surface area contributed by atoms with Crippen molar-refractivity contribution in [3.05, 3.63) is 50.9 Å². The van der Waals surface area contributed by atoms with Gasteiger partial charge in [-0.15, -0.1) is 6.58 Å². The third-order valence-corrected chi connectivity index (χ3v) is 4.40. The van der Waals surface area contributed by atoms with Crippen LogP contribution in [0.3, 0.4) is 0 Å². The molecule has 0 saturated heterocycles. The van der Waals surface area contributed by atoms with Crippen LogP contribution in [0.5, 0.6) is 0 Å². The third kappa shape index (κ3) is 2.45. The fourth-order valence-corrected chi connectivity index (χ4v) is 2.98. The van der Waals surface area contributed by atoms with E-state index in [1.165, 1.54) is 10.6 Å². The number of aryl methyl sites for hydroxylation is 4. The maximum Gasteiger partial charge on any atom is 0.332 e. The highest BCUT2D eigenvalue weighted by atomic mass is 16.2. The van der Waals surface area contributed by atoms with E-state index in [1.807, 2.05) is 19.9 Å². The van der Waals surface area contributed by atoms with Crippen LogP contribution in [0.15, 0.2) is 28.3 Å². The van der Waals surface area contributed by atoms with Crippen molar-refractivity contribution in [3.63, 3.8) is 0 Å². The molecule has 0 N–H and O–H groups in total. The summed E-state index contributed by atoms with van der Waals surface area (Å²) in [6.07, 6.45) is 3.13. The van der Waals surface area contributed by atoms with Crippen molar-refractivity contribution >= 4 is 11.2 Å². The molecule has 8 heteroatoms. The minimum absolute atomic E-state index is 0.157. The maximum absolute atomic E-state index is 12.8. The van der Waals surface area contributed by atoms with Crippen LogP contribution in [0.4, 0.5) is 0 Å². The molecule has 0 amide bonds. The molecule has 0 aliphatic rings. The molecule has 132 valence electrons. The number of rotatable bonds is 5. The first-order valence-electron chi connectivity index (χ1n) is 8.29. The van der Waals surface area contributed by atoms with E-state index in [-0.39, 0.29) is 12.1 Å². The lowest BCUT2D eigenvalue weighted by Crippen LogP contribution is -2.39. The Morgan fingerprint density at radius 3 is 2.48 bits per heavy atom. The van der Waals surface area contributed by atoms with Gasteiger partial charge in [-0.2, -0.15) is 10.1 Å². The topological polar surface area (TPSA) is 79.6 Å². The van der Waals surface area contributed by atoms with Gasteiger partial charge in [-0.1, -0.05) is 19.9 Å². The first kappa shape index (κ1) is 16.9. The van der Waals surface area contributed by atoms with Crippen LogP contribution >= 0.6 is 0 Å². The lowest BCUT2D eigenvalue weighted by atomic mass is 10.3. The van der Waals surface area contributed by atoms with Crippen molar-refractivity contribution < 1.29 is 0 Å². The molecule has 0 radical (unpaired) electrons. The maximum atomic E-state index is 12.8. The van der Waals surface area contributed by atoms with Gasteiger partial charge in [-0.25, -0.2) is 9.48 Å². The van der Waals surface area contributed by atoms with Crippen molar-refractivity contribution in [2.24, 2.45) is 14.1 Å². The van der Waals surface area contributed by atoms with Gasteiger partial charge in [0, 0.05) is 26.3 Å². The quantitative estimate of drug-likeness (QED) is 0.646. The fourth-order valence-electron chi connectivity index (χ4n) is 2.98. The van der Waals surface area contributed by atoms with Crippen LogP contribution in [0.25, 0.3) is 17.1 Å². The molecular weight excluding hydrogens is 320 g/mol. The molecule has 3 heterocycles. The molecule has 0 unspecified atom stereocenters. The molecule has 0 fully saturated rings. The molecule has 0 saturated carbocycles. The van der Waals surface area contributed by atoms with Gasteiger partial charge in [-0.05, 0) is 18.9 Å². The molecule has 25 heavy (non-hydrogen) atoms. The van der Waals surface area contributed by atoms with Gasteiger partial charge >= 0.3 is 5.69 Å². The lowest BCUT2D eigenvalue weighted by molar-refractivity contribution is 0.665. The zero-order valence-corrected chi connectivity index (χ0v) is 15.0. The SMILES string of the molecule is C=CCn1c(=O)c2c(nc(-n3nc(CC)cc3CC)n2C)n(C)c1=O. The molecule has 0 spiro atoms. The molecule has 8 nitrogen and oxygen atoms in total. The monoisotopic (exact) mass is 342 g/mol. The Morgan fingerprint density at radius 2 is 1.88 bits per heavy atom. The van der Waals surface area contributed by atoms with Crippen molar-refractivity contribution in [3.8, 4) is 5.95 Å². The molecule has 0 aliphatic heterocycles. The van der Waals surface area contributed by atoms with Crippen LogP contribution < -0.4 is 11.2 Å². The molecule has 3 aromatic heterocycles. The Kier molecular flexibility index (Phi) is 4.20. The number of hydrogen-bond donors (Lipinski definition) is 0. The third-order valence-electron chi connectivity index (χ3n) is 4.40. The Morgan fingerprint density at radius 1 is 1.16 bits per heavy atom. The van der Waals surface area contributed by atoms with Gasteiger partial charge in [0.25, 0.3) is 5.56 Å². The minimum atomic E-state index is -0.410. The smallest absolute Gasteiger partial charge is 0.306 e. The van der Waals surface area contributed by atoms with Crippen LogP contribution in [0.2, 0.25) is 0 Å². The Labute approximate surface area is 144 Å². The predicted octanol–water partition coefficient (Wildman–Crippen LogP) is 0.930. The Hall–Kier alpha value is -2.90. The van der Waals surface area contributed by atoms with E-state index in [2.05, 4.69) is 16.7 Å². The molecule has 3 aromatic rings. The Bertz CT molecular complexity index is 1080. The summed E-state index contributed by atoms with van der Waals surface area (Å²) in [5, 5.41) is 4.59. The summed E-state index contributed by atoms with van der Waals surface area (Å²) < 4.78 is 5.99. The number of nitrogens with zero attached hydrogens (tertiary/aromatic N) is 6. The largest absolute Gasteiger partial charge is 0.332 e. The zero-order valence-electron chi connectivity index (χ0n) is 15.0. The number of imidazole rings is 1. The van der Waals surface area contributed by atoms with Gasteiger partial charge in [0.2, 0.25) is 5.95 Å². The van der Waals surface area contributed by atoms with E-state index in [4.69, 9.17) is 0 Å². The van der Waals surface area contributed by atoms with E-state index in [1.54, 1.807) is 23.3 Å². The number of hydrogen-bond acceptors (Lipinski definition) is 4. The van der Waals surface area contributed by atoms with E-state index >= 15 is 0 Å². The molecule has 0 aromatic carbocycles. The van der Waals surface area contributed by atoms with Gasteiger partial charge in [0.05, 0.1) is 5.69 Å². The second-order valence-electron chi connectivity index (χ2n) is 5.93. The van der Waals surface area contributed by atoms with Crippen LogP contribution in [-0.2, 0) is 33.5 Å². The van der Waals surface area contributed by atoms with E-state index < -0.39 is 5.69 Å². The highest BCUT2D eigenvalue weighted by molar-refractivity contribution is 5.72. The van der Waals surface area contributed by atoms with Crippen molar-refractivity contribution in [2.45, 2.75) is 33.2 Å². The van der Waals surface area contributed by atoms with Gasteiger partial charge in [0.1, 0.15) is 0 Å². The summed E-state index contributed by atoms with van der Waals surface area (Å²) in [6.45, 7) is 7.85. The number of aromatic nitrogens is 6. The second-order valence-corrected chi connectivity index (χ2v) is 5.93. The Balaban J connectivity index is 2.39. The zero-order chi connectivity index (χ0) is 18.3. The second kappa shape index (κ2) is 6.19. The van der Waals surface area contributed by atoms with Crippen molar-refractivity contribution in [1.29, 1.82) is 0 Å². The van der Waals surface area contributed by atoms with Crippen LogP contribution in [0, 0.1) is 0 Å². The van der Waals surface area contributed by atoms with Crippen LogP contribution in [0.1, 0.15) is 25.2 Å². The molecule has 3 rings (SSSR count). The molecule has 0 atom stereocenters. The fraction of sp³-hybridized carbons (Fsp3) is 0.412. The van der Waals surface area contributed by atoms with Gasteiger partial charge < -0.3 is 4.57 Å². The minimum Gasteiger partial charge on any atom is -0.306 e. The summed E-state index contributed by atoms with van der Waals surface area (Å²) in [5.41, 5.74) is 1.90. The standard InChI is InChI=1S/C17H22N6O2/c1-6-9-22-15(24)13-14(21(5)17(22)25)18-16(20(13)4)23-12(8-3)10-11(7-2)19-23/h6,10H,1,7-9H2,2-5H3. The summed E-state index contributed by atoms with van der Waals surface area (Å²) in [6, 6.07) is 2.04. The van der Waals surface area contributed by atoms with Crippen molar-refractivity contribution in [2.75, 3.05) is 0 Å². The summed E-state index contributed by atoms with van der Waals surface area (Å²) in [5.74, 6) is 0.523. The molecule has 0 aliphatic carbocycles. The molecule has 0 bridgehead atoms. The first-order valence-corrected chi connectivity index (χ1v) is 8.29. The average molecular weight is 342 g/mol. The number of allylic oxidation sites excluding steroid dienone is 1. The number of fused-ring (bicyclic) bond motifs is 1. The van der Waals surface area contributed by atoms with Gasteiger partial charge in [0.15, 0.2) is 11.2 Å². The highest BCUT2D eigenvalue weighted by Crippen LogP contribution is 2.16. The summed E-state index contributed by atoms with van der Waals surface area (Å²) in [4.78, 5) is 29.8. The normalized spacial score (nSPS) is 11.4. The van der Waals surface area contributed by atoms with Gasteiger partial charge in [-0.3, -0.25) is 13.9 Å². The highest BCUT2D eigenvalue weighted by Gasteiger charge is 2.20. The van der Waals surface area contributed by atoms with E-state index in [9.17, 15) is 9.59 Å². The van der Waals surface area contributed by atoms with Crippen molar-refractivity contribution in [1.82, 2.24) is 28.5 Å².